The predicted molar refractivity (Wildman–Crippen MR) is 103 cm³/mol. The molecule has 0 aliphatic heterocycles. The summed E-state index contributed by atoms with van der Waals surface area (Å²) < 4.78 is 8.88. The van der Waals surface area contributed by atoms with Gasteiger partial charge in [-0.05, 0) is 12.8 Å². The molecule has 0 saturated carbocycles. The molecule has 0 unspecified atom stereocenters. The van der Waals surface area contributed by atoms with Crippen molar-refractivity contribution in [2.45, 2.75) is 104 Å². The van der Waals surface area contributed by atoms with Gasteiger partial charge < -0.3 is 20.0 Å². The first-order valence-electron chi connectivity index (χ1n) is 9.86. The Labute approximate surface area is 154 Å². The van der Waals surface area contributed by atoms with Gasteiger partial charge in [-0.3, -0.25) is 4.79 Å². The number of unbranched alkanes of at least 4 members (excludes halogenated alkanes) is 11. The summed E-state index contributed by atoms with van der Waals surface area (Å²) in [7, 11) is -4.64. The number of hydrogen-bond donors (Lipinski definition) is 4. The predicted octanol–water partition coefficient (Wildman–Crippen LogP) is 4.68. The lowest BCUT2D eigenvalue weighted by Crippen LogP contribution is -2.23. The second-order valence-electron chi connectivity index (χ2n) is 6.50. The quantitative estimate of drug-likeness (QED) is 0.243. The molecule has 4 N–H and O–H groups in total. The van der Waals surface area contributed by atoms with Gasteiger partial charge in [0.25, 0.3) is 0 Å². The summed E-state index contributed by atoms with van der Waals surface area (Å²) in [4.78, 5) is 33.0. The van der Waals surface area contributed by atoms with E-state index in [4.69, 9.17) is 19.2 Å². The van der Waals surface area contributed by atoms with E-state index in [-0.39, 0.29) is 5.91 Å². The summed E-state index contributed by atoms with van der Waals surface area (Å²) in [6.45, 7) is 5.27. The number of nitrogens with one attached hydrogen (secondary N) is 1. The minimum absolute atomic E-state index is 0.245. The summed E-state index contributed by atoms with van der Waals surface area (Å²) in [6.07, 6.45) is 17.7. The van der Waals surface area contributed by atoms with E-state index >= 15 is 0 Å². The largest absolute Gasteiger partial charge is 0.466 e. The second-order valence-corrected chi connectivity index (χ2v) is 7.53. The number of carbonyl (C=O) groups excluding carboxylic acids is 1. The number of amides is 1. The zero-order chi connectivity index (χ0) is 19.4. The van der Waals surface area contributed by atoms with Crippen molar-refractivity contribution in [3.05, 3.63) is 0 Å². The van der Waals surface area contributed by atoms with Crippen LogP contribution in [-0.4, -0.2) is 27.1 Å². The lowest BCUT2D eigenvalue weighted by Gasteiger charge is -2.04. The van der Waals surface area contributed by atoms with Crippen molar-refractivity contribution in [3.8, 4) is 0 Å². The molecule has 0 bridgehead atoms. The van der Waals surface area contributed by atoms with Crippen LogP contribution in [0.2, 0.25) is 0 Å². The fourth-order valence-electron chi connectivity index (χ4n) is 2.44. The van der Waals surface area contributed by atoms with Gasteiger partial charge in [0.1, 0.15) is 0 Å². The molecule has 0 aromatic carbocycles. The summed E-state index contributed by atoms with van der Waals surface area (Å²) in [5.74, 6) is 0.245. The fraction of sp³-hybridized carbons (Fsp3) is 0.944. The Bertz CT molecular complexity index is 325. The van der Waals surface area contributed by atoms with E-state index in [1.54, 1.807) is 0 Å². The molecular weight excluding hydrogens is 341 g/mol. The molecule has 6 nitrogen and oxygen atoms in total. The van der Waals surface area contributed by atoms with Gasteiger partial charge in [0.15, 0.2) is 0 Å². The van der Waals surface area contributed by atoms with Gasteiger partial charge in [0.2, 0.25) is 5.91 Å². The standard InChI is InChI=1S/C18H37NO.H3O4P/c1-3-5-7-8-9-10-11-12-13-14-15-16-18(20)19-17-6-4-2;1-5(2,3)4/h3-17H2,1-2H3,(H,19,20);(H3,1,2,3,4). The molecule has 0 fully saturated rings. The van der Waals surface area contributed by atoms with Crippen molar-refractivity contribution >= 4 is 13.7 Å². The van der Waals surface area contributed by atoms with Gasteiger partial charge in [-0.25, -0.2) is 4.57 Å². The third-order valence-electron chi connectivity index (χ3n) is 3.86. The Morgan fingerprint density at radius 3 is 1.48 bits per heavy atom. The van der Waals surface area contributed by atoms with Crippen LogP contribution in [0.15, 0.2) is 0 Å². The van der Waals surface area contributed by atoms with E-state index in [1.165, 1.54) is 64.2 Å². The van der Waals surface area contributed by atoms with Gasteiger partial charge in [-0.15, -0.1) is 0 Å². The van der Waals surface area contributed by atoms with E-state index < -0.39 is 7.82 Å². The zero-order valence-corrected chi connectivity index (χ0v) is 17.1. The molecule has 0 atom stereocenters. The lowest BCUT2D eigenvalue weighted by molar-refractivity contribution is -0.121. The van der Waals surface area contributed by atoms with Crippen LogP contribution in [0.3, 0.4) is 0 Å². The molecule has 0 saturated heterocycles. The van der Waals surface area contributed by atoms with Gasteiger partial charge in [-0.1, -0.05) is 84.5 Å². The average molecular weight is 381 g/mol. The molecule has 25 heavy (non-hydrogen) atoms. The van der Waals surface area contributed by atoms with Crippen LogP contribution >= 0.6 is 7.82 Å². The van der Waals surface area contributed by atoms with Crippen LogP contribution in [0, 0.1) is 0 Å². The molecule has 1 amide bonds. The first-order valence-corrected chi connectivity index (χ1v) is 11.4. The van der Waals surface area contributed by atoms with Crippen molar-refractivity contribution < 1.29 is 24.0 Å². The molecule has 152 valence electrons. The Morgan fingerprint density at radius 2 is 1.08 bits per heavy atom. The van der Waals surface area contributed by atoms with Crippen molar-refractivity contribution in [2.24, 2.45) is 0 Å². The van der Waals surface area contributed by atoms with E-state index in [0.29, 0.717) is 0 Å². The van der Waals surface area contributed by atoms with Crippen molar-refractivity contribution in [3.63, 3.8) is 0 Å². The molecule has 0 spiro atoms. The van der Waals surface area contributed by atoms with Crippen molar-refractivity contribution in [2.75, 3.05) is 6.54 Å². The van der Waals surface area contributed by atoms with Crippen LogP contribution in [0.5, 0.6) is 0 Å². The maximum atomic E-state index is 11.5. The van der Waals surface area contributed by atoms with E-state index in [9.17, 15) is 4.79 Å². The van der Waals surface area contributed by atoms with Crippen LogP contribution in [-0.2, 0) is 9.36 Å². The van der Waals surface area contributed by atoms with Crippen LogP contribution < -0.4 is 5.32 Å². The third kappa shape index (κ3) is 35.5. The average Bonchev–Trinajstić information content (AvgIpc) is 2.51. The Kier molecular flexibility index (Phi) is 21.3. The Balaban J connectivity index is 0. The molecule has 0 heterocycles. The maximum Gasteiger partial charge on any atom is 0.466 e. The highest BCUT2D eigenvalue weighted by molar-refractivity contribution is 7.45. The van der Waals surface area contributed by atoms with Crippen LogP contribution in [0.4, 0.5) is 0 Å². The lowest BCUT2D eigenvalue weighted by atomic mass is 10.1. The SMILES string of the molecule is CCCCCCCCCCCCCC(=O)NCCCC.O=P(O)(O)O. The normalized spacial score (nSPS) is 10.9. The summed E-state index contributed by atoms with van der Waals surface area (Å²) in [5, 5.41) is 2.98. The molecular formula is C18H40NO5P. The molecule has 0 aromatic rings. The van der Waals surface area contributed by atoms with Gasteiger partial charge in [0, 0.05) is 13.0 Å². The minimum Gasteiger partial charge on any atom is -0.356 e. The zero-order valence-electron chi connectivity index (χ0n) is 16.2. The van der Waals surface area contributed by atoms with E-state index in [2.05, 4.69) is 19.2 Å². The highest BCUT2D eigenvalue weighted by atomic mass is 31.2. The van der Waals surface area contributed by atoms with Crippen molar-refractivity contribution in [1.82, 2.24) is 5.32 Å². The number of phosphoric acid groups is 1. The van der Waals surface area contributed by atoms with Gasteiger partial charge >= 0.3 is 7.82 Å². The van der Waals surface area contributed by atoms with Crippen LogP contribution in [0.25, 0.3) is 0 Å². The Hall–Kier alpha value is -0.420. The summed E-state index contributed by atoms with van der Waals surface area (Å²) in [5.41, 5.74) is 0. The first-order chi connectivity index (χ1) is 11.8. The summed E-state index contributed by atoms with van der Waals surface area (Å²) in [6, 6.07) is 0. The van der Waals surface area contributed by atoms with E-state index in [0.717, 1.165) is 32.2 Å². The first kappa shape index (κ1) is 26.8. The van der Waals surface area contributed by atoms with Gasteiger partial charge in [-0.2, -0.15) is 0 Å². The molecule has 0 aliphatic rings. The highest BCUT2D eigenvalue weighted by Crippen LogP contribution is 2.25. The van der Waals surface area contributed by atoms with Crippen molar-refractivity contribution in [1.29, 1.82) is 0 Å². The molecule has 0 rings (SSSR count). The van der Waals surface area contributed by atoms with Gasteiger partial charge in [0.05, 0.1) is 0 Å². The maximum absolute atomic E-state index is 11.5. The summed E-state index contributed by atoms with van der Waals surface area (Å²) >= 11 is 0. The third-order valence-corrected chi connectivity index (χ3v) is 3.86. The van der Waals surface area contributed by atoms with E-state index in [1.807, 2.05) is 0 Å². The Morgan fingerprint density at radius 1 is 0.720 bits per heavy atom. The molecule has 0 aliphatic carbocycles. The highest BCUT2D eigenvalue weighted by Gasteiger charge is 2.00. The topological polar surface area (TPSA) is 107 Å². The number of rotatable bonds is 15. The number of carbonyl (C=O) groups is 1. The smallest absolute Gasteiger partial charge is 0.356 e. The number of hydrogen-bond acceptors (Lipinski definition) is 2. The molecule has 7 heteroatoms. The minimum atomic E-state index is -4.64. The fourth-order valence-corrected chi connectivity index (χ4v) is 2.44. The second kappa shape index (κ2) is 19.9. The molecule has 0 aromatic heterocycles. The monoisotopic (exact) mass is 381 g/mol. The molecule has 0 radical (unpaired) electrons. The van der Waals surface area contributed by atoms with Crippen LogP contribution in [0.1, 0.15) is 104 Å².